The van der Waals surface area contributed by atoms with Gasteiger partial charge in [0.05, 0.1) is 39.5 Å². The van der Waals surface area contributed by atoms with E-state index in [9.17, 15) is 0 Å². The molecule has 4 heterocycles. The van der Waals surface area contributed by atoms with E-state index in [-0.39, 0.29) is 0 Å². The normalized spacial score (nSPS) is 12.1. The summed E-state index contributed by atoms with van der Waals surface area (Å²) >= 11 is 1.87. The van der Waals surface area contributed by atoms with E-state index in [1.54, 1.807) is 0 Å². The Bertz CT molecular complexity index is 3070. The Morgan fingerprint density at radius 2 is 1.04 bits per heavy atom. The van der Waals surface area contributed by atoms with E-state index >= 15 is 0 Å². The number of aromatic nitrogens is 3. The Morgan fingerprint density at radius 3 is 1.80 bits per heavy atom. The standard InChI is InChI=1S/C45H27N3S/c1-5-16-40-33(10-1)34-11-2-6-17-41(34)47(40)30-21-23-43-38(26-30)35-12-3-7-18-42(35)48(43)31-25-29-24-28(20-22-39(29)46-27-31)32-14-9-15-37-36-13-4-8-19-44(36)49-45(32)37/h1-27H. The van der Waals surface area contributed by atoms with Crippen molar-refractivity contribution in [3.05, 3.63) is 164 Å². The number of nitrogens with zero attached hydrogens (tertiary/aromatic N) is 3. The first kappa shape index (κ1) is 26.8. The quantitative estimate of drug-likeness (QED) is 0.188. The van der Waals surface area contributed by atoms with Crippen molar-refractivity contribution >= 4 is 86.0 Å². The average molecular weight is 642 g/mol. The fourth-order valence-electron chi connectivity index (χ4n) is 7.96. The van der Waals surface area contributed by atoms with Gasteiger partial charge in [0.2, 0.25) is 0 Å². The van der Waals surface area contributed by atoms with Crippen LogP contribution in [0, 0.1) is 0 Å². The van der Waals surface area contributed by atoms with E-state index in [1.165, 1.54) is 69.4 Å². The van der Waals surface area contributed by atoms with E-state index in [0.717, 1.165) is 27.8 Å². The number of fused-ring (bicyclic) bond motifs is 10. The van der Waals surface area contributed by atoms with Crippen LogP contribution in [-0.2, 0) is 0 Å². The first-order valence-corrected chi connectivity index (χ1v) is 17.4. The molecule has 7 aromatic carbocycles. The molecule has 0 aliphatic carbocycles. The maximum atomic E-state index is 4.99. The van der Waals surface area contributed by atoms with E-state index < -0.39 is 0 Å². The van der Waals surface area contributed by atoms with Gasteiger partial charge in [0.25, 0.3) is 0 Å². The third-order valence-corrected chi connectivity index (χ3v) is 11.4. The van der Waals surface area contributed by atoms with Crippen LogP contribution in [0.1, 0.15) is 0 Å². The lowest BCUT2D eigenvalue weighted by atomic mass is 10.0. The first-order chi connectivity index (χ1) is 24.3. The van der Waals surface area contributed by atoms with Gasteiger partial charge in [-0.1, -0.05) is 97.1 Å². The second-order valence-corrected chi connectivity index (χ2v) is 13.9. The van der Waals surface area contributed by atoms with Crippen LogP contribution in [-0.4, -0.2) is 14.1 Å². The monoisotopic (exact) mass is 641 g/mol. The summed E-state index contributed by atoms with van der Waals surface area (Å²) < 4.78 is 7.41. The van der Waals surface area contributed by atoms with Gasteiger partial charge >= 0.3 is 0 Å². The molecule has 0 aliphatic heterocycles. The predicted molar refractivity (Wildman–Crippen MR) is 209 cm³/mol. The van der Waals surface area contributed by atoms with Gasteiger partial charge in [-0.2, -0.15) is 0 Å². The number of hydrogen-bond donors (Lipinski definition) is 0. The van der Waals surface area contributed by atoms with Gasteiger partial charge in [0, 0.05) is 52.8 Å². The van der Waals surface area contributed by atoms with Crippen molar-refractivity contribution in [1.82, 2.24) is 14.1 Å². The Hall–Kier alpha value is -6.23. The summed E-state index contributed by atoms with van der Waals surface area (Å²) in [5.74, 6) is 0. The third-order valence-electron chi connectivity index (χ3n) is 10.1. The molecule has 0 aliphatic rings. The largest absolute Gasteiger partial charge is 0.309 e. The summed E-state index contributed by atoms with van der Waals surface area (Å²) in [4.78, 5) is 4.99. The van der Waals surface area contributed by atoms with Crippen LogP contribution < -0.4 is 0 Å². The highest BCUT2D eigenvalue weighted by Crippen LogP contribution is 2.41. The summed E-state index contributed by atoms with van der Waals surface area (Å²) in [6, 6.07) is 57.4. The number of benzene rings is 7. The van der Waals surface area contributed by atoms with Crippen LogP contribution in [0.5, 0.6) is 0 Å². The predicted octanol–water partition coefficient (Wildman–Crippen LogP) is 12.5. The zero-order valence-corrected chi connectivity index (χ0v) is 27.2. The van der Waals surface area contributed by atoms with Crippen molar-refractivity contribution in [3.8, 4) is 22.5 Å². The molecule has 0 N–H and O–H groups in total. The molecule has 0 radical (unpaired) electrons. The second-order valence-electron chi connectivity index (χ2n) is 12.8. The van der Waals surface area contributed by atoms with Gasteiger partial charge in [0.15, 0.2) is 0 Å². The van der Waals surface area contributed by atoms with E-state index in [2.05, 4.69) is 167 Å². The van der Waals surface area contributed by atoms with E-state index in [4.69, 9.17) is 4.98 Å². The smallest absolute Gasteiger partial charge is 0.0704 e. The van der Waals surface area contributed by atoms with Crippen molar-refractivity contribution in [3.63, 3.8) is 0 Å². The minimum atomic E-state index is 0.991. The first-order valence-electron chi connectivity index (χ1n) is 16.6. The van der Waals surface area contributed by atoms with Crippen molar-refractivity contribution in [2.45, 2.75) is 0 Å². The molecule has 0 saturated carbocycles. The van der Waals surface area contributed by atoms with Crippen molar-refractivity contribution in [2.24, 2.45) is 0 Å². The second kappa shape index (κ2) is 10.1. The van der Waals surface area contributed by atoms with Gasteiger partial charge in [-0.3, -0.25) is 4.98 Å². The summed E-state index contributed by atoms with van der Waals surface area (Å²) in [5.41, 5.74) is 10.4. The molecular weight excluding hydrogens is 615 g/mol. The molecule has 228 valence electrons. The van der Waals surface area contributed by atoms with E-state index in [1.807, 2.05) is 17.5 Å². The van der Waals surface area contributed by atoms with Gasteiger partial charge in [-0.25, -0.2) is 0 Å². The highest BCUT2D eigenvalue weighted by molar-refractivity contribution is 7.26. The number of pyridine rings is 1. The molecule has 3 nitrogen and oxygen atoms in total. The Kier molecular flexibility index (Phi) is 5.54. The number of thiophene rings is 1. The number of hydrogen-bond acceptors (Lipinski definition) is 2. The van der Waals surface area contributed by atoms with Crippen molar-refractivity contribution in [1.29, 1.82) is 0 Å². The number of rotatable bonds is 3. The van der Waals surface area contributed by atoms with Crippen molar-refractivity contribution in [2.75, 3.05) is 0 Å². The van der Waals surface area contributed by atoms with Crippen LogP contribution >= 0.6 is 11.3 Å². The van der Waals surface area contributed by atoms with Gasteiger partial charge in [-0.05, 0) is 71.8 Å². The molecule has 0 saturated heterocycles. The molecule has 11 rings (SSSR count). The molecular formula is C45H27N3S. The topological polar surface area (TPSA) is 22.8 Å². The van der Waals surface area contributed by atoms with Crippen LogP contribution in [0.3, 0.4) is 0 Å². The zero-order valence-electron chi connectivity index (χ0n) is 26.3. The summed E-state index contributed by atoms with van der Waals surface area (Å²) in [5, 5.41) is 8.75. The van der Waals surface area contributed by atoms with Crippen molar-refractivity contribution < 1.29 is 0 Å². The Balaban J connectivity index is 1.10. The van der Waals surface area contributed by atoms with Crippen LogP contribution in [0.15, 0.2) is 164 Å². The fraction of sp³-hybridized carbons (Fsp3) is 0. The molecule has 0 unspecified atom stereocenters. The highest BCUT2D eigenvalue weighted by atomic mass is 32.1. The molecule has 11 aromatic rings. The van der Waals surface area contributed by atoms with Gasteiger partial charge < -0.3 is 9.13 Å². The Labute approximate surface area is 285 Å². The third kappa shape index (κ3) is 3.86. The minimum absolute atomic E-state index is 0.991. The van der Waals surface area contributed by atoms with E-state index in [0.29, 0.717) is 0 Å². The maximum absolute atomic E-state index is 4.99. The SMILES string of the molecule is c1ccc2c(c1)sc1c(-c3ccc4ncc(-n5c6ccccc6c6cc(-n7c8ccccc8c8ccccc87)ccc65)cc4c3)cccc12. The maximum Gasteiger partial charge on any atom is 0.0704 e. The summed E-state index contributed by atoms with van der Waals surface area (Å²) in [6.45, 7) is 0. The van der Waals surface area contributed by atoms with Gasteiger partial charge in [-0.15, -0.1) is 11.3 Å². The van der Waals surface area contributed by atoms with Crippen LogP contribution in [0.4, 0.5) is 0 Å². The minimum Gasteiger partial charge on any atom is -0.309 e. The molecule has 0 fully saturated rings. The zero-order chi connectivity index (χ0) is 32.1. The molecule has 0 spiro atoms. The lowest BCUT2D eigenvalue weighted by Gasteiger charge is -2.11. The van der Waals surface area contributed by atoms with Crippen LogP contribution in [0.2, 0.25) is 0 Å². The molecule has 4 heteroatoms. The molecule has 4 aromatic heterocycles. The highest BCUT2D eigenvalue weighted by Gasteiger charge is 2.17. The number of para-hydroxylation sites is 3. The average Bonchev–Trinajstić information content (AvgIpc) is 3.82. The summed E-state index contributed by atoms with van der Waals surface area (Å²) in [7, 11) is 0. The Morgan fingerprint density at radius 1 is 0.429 bits per heavy atom. The molecule has 0 bridgehead atoms. The molecule has 0 amide bonds. The van der Waals surface area contributed by atoms with Crippen LogP contribution in [0.25, 0.3) is 97.2 Å². The molecule has 49 heavy (non-hydrogen) atoms. The molecule has 0 atom stereocenters. The summed E-state index contributed by atoms with van der Waals surface area (Å²) in [6.07, 6.45) is 2.02. The lowest BCUT2D eigenvalue weighted by Crippen LogP contribution is -1.96. The van der Waals surface area contributed by atoms with Gasteiger partial charge in [0.1, 0.15) is 0 Å². The fourth-order valence-corrected chi connectivity index (χ4v) is 9.20. The lowest BCUT2D eigenvalue weighted by molar-refractivity contribution is 1.15.